The van der Waals surface area contributed by atoms with Crippen LogP contribution in [0.1, 0.15) is 32.6 Å². The first-order valence-corrected chi connectivity index (χ1v) is 4.42. The van der Waals surface area contributed by atoms with Crippen molar-refractivity contribution in [3.63, 3.8) is 0 Å². The van der Waals surface area contributed by atoms with Crippen molar-refractivity contribution in [1.29, 1.82) is 0 Å². The van der Waals surface area contributed by atoms with Gasteiger partial charge in [-0.05, 0) is 32.3 Å². The molecular weight excluding hydrogens is 156 g/mol. The summed E-state index contributed by atoms with van der Waals surface area (Å²) >= 11 is 0. The SMILES string of the molecule is CC(O)C(O)OC1=CCCCC1. The number of hydrogen-bond donors (Lipinski definition) is 2. The highest BCUT2D eigenvalue weighted by atomic mass is 16.6. The van der Waals surface area contributed by atoms with Crippen LogP contribution in [-0.2, 0) is 4.74 Å². The van der Waals surface area contributed by atoms with E-state index < -0.39 is 12.4 Å². The predicted octanol–water partition coefficient (Wildman–Crippen LogP) is 1.16. The first-order chi connectivity index (χ1) is 5.70. The van der Waals surface area contributed by atoms with Crippen LogP contribution in [0.4, 0.5) is 0 Å². The summed E-state index contributed by atoms with van der Waals surface area (Å²) in [5.41, 5.74) is 0. The van der Waals surface area contributed by atoms with Gasteiger partial charge in [0, 0.05) is 6.42 Å². The van der Waals surface area contributed by atoms with Crippen LogP contribution >= 0.6 is 0 Å². The van der Waals surface area contributed by atoms with Crippen LogP contribution in [0.15, 0.2) is 11.8 Å². The molecule has 2 N–H and O–H groups in total. The Bertz CT molecular complexity index is 163. The third-order valence-corrected chi connectivity index (χ3v) is 1.93. The smallest absolute Gasteiger partial charge is 0.222 e. The second-order valence-electron chi connectivity index (χ2n) is 3.17. The maximum Gasteiger partial charge on any atom is 0.222 e. The van der Waals surface area contributed by atoms with E-state index in [1.807, 2.05) is 6.08 Å². The second-order valence-corrected chi connectivity index (χ2v) is 3.17. The van der Waals surface area contributed by atoms with Gasteiger partial charge >= 0.3 is 0 Å². The number of allylic oxidation sites excluding steroid dienone is 2. The van der Waals surface area contributed by atoms with E-state index in [0.717, 1.165) is 25.0 Å². The largest absolute Gasteiger partial charge is 0.467 e. The monoisotopic (exact) mass is 172 g/mol. The van der Waals surface area contributed by atoms with Crippen LogP contribution in [0.5, 0.6) is 0 Å². The summed E-state index contributed by atoms with van der Waals surface area (Å²) in [5.74, 6) is 0.814. The maximum absolute atomic E-state index is 9.17. The van der Waals surface area contributed by atoms with E-state index in [1.165, 1.54) is 13.3 Å². The normalized spacial score (nSPS) is 22.8. The Labute approximate surface area is 72.7 Å². The molecule has 70 valence electrons. The number of aliphatic hydroxyl groups is 2. The van der Waals surface area contributed by atoms with Gasteiger partial charge in [-0.1, -0.05) is 0 Å². The molecule has 2 atom stereocenters. The fourth-order valence-electron chi connectivity index (χ4n) is 1.17. The van der Waals surface area contributed by atoms with Crippen LogP contribution in [0.3, 0.4) is 0 Å². The zero-order valence-corrected chi connectivity index (χ0v) is 7.36. The molecule has 0 radical (unpaired) electrons. The molecule has 0 aromatic rings. The molecule has 0 saturated heterocycles. The predicted molar refractivity (Wildman–Crippen MR) is 45.3 cm³/mol. The summed E-state index contributed by atoms with van der Waals surface area (Å²) in [5, 5.41) is 18.1. The third kappa shape index (κ3) is 2.83. The minimum Gasteiger partial charge on any atom is -0.467 e. The first kappa shape index (κ1) is 9.55. The summed E-state index contributed by atoms with van der Waals surface area (Å²) in [4.78, 5) is 0. The Balaban J connectivity index is 2.34. The lowest BCUT2D eigenvalue weighted by molar-refractivity contribution is -0.133. The molecule has 0 amide bonds. The molecule has 2 unspecified atom stereocenters. The average Bonchev–Trinajstić information content (AvgIpc) is 2.06. The van der Waals surface area contributed by atoms with E-state index >= 15 is 0 Å². The van der Waals surface area contributed by atoms with E-state index in [9.17, 15) is 0 Å². The molecule has 12 heavy (non-hydrogen) atoms. The number of ether oxygens (including phenoxy) is 1. The highest BCUT2D eigenvalue weighted by molar-refractivity contribution is 4.96. The molecule has 0 spiro atoms. The lowest BCUT2D eigenvalue weighted by Gasteiger charge is -2.20. The van der Waals surface area contributed by atoms with Gasteiger partial charge in [0.2, 0.25) is 6.29 Å². The van der Waals surface area contributed by atoms with Crippen LogP contribution in [-0.4, -0.2) is 22.6 Å². The zero-order chi connectivity index (χ0) is 8.97. The summed E-state index contributed by atoms with van der Waals surface area (Å²) in [6.07, 6.45) is 4.28. The topological polar surface area (TPSA) is 49.7 Å². The Morgan fingerprint density at radius 2 is 2.17 bits per heavy atom. The van der Waals surface area contributed by atoms with Crippen molar-refractivity contribution in [2.75, 3.05) is 0 Å². The third-order valence-electron chi connectivity index (χ3n) is 1.93. The molecule has 1 aliphatic carbocycles. The van der Waals surface area contributed by atoms with Gasteiger partial charge in [0.25, 0.3) is 0 Å². The van der Waals surface area contributed by atoms with Crippen molar-refractivity contribution < 1.29 is 14.9 Å². The summed E-state index contributed by atoms with van der Waals surface area (Å²) < 4.78 is 5.12. The van der Waals surface area contributed by atoms with Gasteiger partial charge < -0.3 is 14.9 Å². The highest BCUT2D eigenvalue weighted by Gasteiger charge is 2.14. The summed E-state index contributed by atoms with van der Waals surface area (Å²) in [7, 11) is 0. The van der Waals surface area contributed by atoms with E-state index in [2.05, 4.69) is 0 Å². The van der Waals surface area contributed by atoms with E-state index in [4.69, 9.17) is 14.9 Å². The maximum atomic E-state index is 9.17. The van der Waals surface area contributed by atoms with Crippen molar-refractivity contribution in [2.24, 2.45) is 0 Å². The minimum absolute atomic E-state index is 0.814. The zero-order valence-electron chi connectivity index (χ0n) is 7.36. The van der Waals surface area contributed by atoms with Crippen molar-refractivity contribution >= 4 is 0 Å². The molecular formula is C9H16O3. The molecule has 0 aliphatic heterocycles. The fourth-order valence-corrected chi connectivity index (χ4v) is 1.17. The van der Waals surface area contributed by atoms with Gasteiger partial charge in [0.1, 0.15) is 6.10 Å². The summed E-state index contributed by atoms with van der Waals surface area (Å²) in [6.45, 7) is 1.51. The Kier molecular flexibility index (Phi) is 3.56. The lowest BCUT2D eigenvalue weighted by atomic mass is 10.1. The molecule has 1 rings (SSSR count). The fraction of sp³-hybridized carbons (Fsp3) is 0.778. The molecule has 0 aromatic carbocycles. The Morgan fingerprint density at radius 1 is 1.42 bits per heavy atom. The standard InChI is InChI=1S/C9H16O3/c1-7(10)9(11)12-8-5-3-2-4-6-8/h5,7,9-11H,2-4,6H2,1H3. The van der Waals surface area contributed by atoms with E-state index in [-0.39, 0.29) is 0 Å². The van der Waals surface area contributed by atoms with E-state index in [0.29, 0.717) is 0 Å². The molecule has 0 aromatic heterocycles. The first-order valence-electron chi connectivity index (χ1n) is 4.42. The molecule has 3 nitrogen and oxygen atoms in total. The molecule has 0 saturated carbocycles. The van der Waals surface area contributed by atoms with Gasteiger partial charge in [-0.15, -0.1) is 0 Å². The minimum atomic E-state index is -1.07. The molecule has 1 aliphatic rings. The van der Waals surface area contributed by atoms with E-state index in [1.54, 1.807) is 0 Å². The summed E-state index contributed by atoms with van der Waals surface area (Å²) in [6, 6.07) is 0. The average molecular weight is 172 g/mol. The second kappa shape index (κ2) is 4.48. The quantitative estimate of drug-likeness (QED) is 0.628. The Morgan fingerprint density at radius 3 is 2.67 bits per heavy atom. The van der Waals surface area contributed by atoms with Crippen molar-refractivity contribution in [2.45, 2.75) is 45.0 Å². The van der Waals surface area contributed by atoms with Gasteiger partial charge in [0.15, 0.2) is 0 Å². The van der Waals surface area contributed by atoms with Crippen LogP contribution < -0.4 is 0 Å². The van der Waals surface area contributed by atoms with Gasteiger partial charge in [-0.25, -0.2) is 0 Å². The number of rotatable bonds is 3. The molecule has 0 fully saturated rings. The number of aliphatic hydroxyl groups excluding tert-OH is 2. The van der Waals surface area contributed by atoms with Crippen LogP contribution in [0.2, 0.25) is 0 Å². The Hall–Kier alpha value is -0.540. The van der Waals surface area contributed by atoms with Gasteiger partial charge in [-0.3, -0.25) is 0 Å². The highest BCUT2D eigenvalue weighted by Crippen LogP contribution is 2.19. The van der Waals surface area contributed by atoms with Crippen LogP contribution in [0, 0.1) is 0 Å². The molecule has 0 heterocycles. The van der Waals surface area contributed by atoms with Gasteiger partial charge in [-0.2, -0.15) is 0 Å². The molecule has 3 heteroatoms. The molecule has 0 bridgehead atoms. The van der Waals surface area contributed by atoms with Crippen molar-refractivity contribution in [3.8, 4) is 0 Å². The van der Waals surface area contributed by atoms with Crippen molar-refractivity contribution in [1.82, 2.24) is 0 Å². The van der Waals surface area contributed by atoms with Crippen molar-refractivity contribution in [3.05, 3.63) is 11.8 Å². The van der Waals surface area contributed by atoms with Crippen LogP contribution in [0.25, 0.3) is 0 Å². The lowest BCUT2D eigenvalue weighted by Crippen LogP contribution is -2.25. The number of hydrogen-bond acceptors (Lipinski definition) is 3. The van der Waals surface area contributed by atoms with Gasteiger partial charge in [0.05, 0.1) is 5.76 Å².